The molecule has 1 aromatic rings. The Kier molecular flexibility index (Phi) is 8.57. The Morgan fingerprint density at radius 3 is 2.63 bits per heavy atom. The van der Waals surface area contributed by atoms with Crippen LogP contribution < -0.4 is 10.1 Å². The van der Waals surface area contributed by atoms with Gasteiger partial charge in [-0.25, -0.2) is 0 Å². The van der Waals surface area contributed by atoms with E-state index in [9.17, 15) is 4.79 Å². The minimum atomic E-state index is 0.0145. The van der Waals surface area contributed by atoms with Crippen LogP contribution in [-0.4, -0.2) is 30.2 Å². The number of halogens is 1. The third-order valence-corrected chi connectivity index (χ3v) is 2.82. The summed E-state index contributed by atoms with van der Waals surface area (Å²) in [5.41, 5.74) is 0.795. The summed E-state index contributed by atoms with van der Waals surface area (Å²) in [6, 6.07) is 7.43. The van der Waals surface area contributed by atoms with Crippen LogP contribution in [0.4, 0.5) is 5.69 Å². The number of ether oxygens (including phenoxy) is 2. The summed E-state index contributed by atoms with van der Waals surface area (Å²) in [6.07, 6.45) is 1.23. The molecule has 1 N–H and O–H groups in total. The first kappa shape index (κ1) is 16.2. The fourth-order valence-corrected chi connectivity index (χ4v) is 1.71. The maximum absolute atomic E-state index is 11.6. The molecule has 0 fully saturated rings. The van der Waals surface area contributed by atoms with Gasteiger partial charge in [0.1, 0.15) is 5.75 Å². The molecule has 1 rings (SSSR count). The molecule has 4 nitrogen and oxygen atoms in total. The van der Waals surface area contributed by atoms with Crippen LogP contribution in [0.3, 0.4) is 0 Å². The Morgan fingerprint density at radius 2 is 2.00 bits per heavy atom. The second-order valence-corrected chi connectivity index (χ2v) is 4.99. The molecule has 0 heterocycles. The molecule has 0 atom stereocenters. The lowest BCUT2D eigenvalue weighted by molar-refractivity contribution is -0.116. The van der Waals surface area contributed by atoms with Gasteiger partial charge in [-0.3, -0.25) is 4.79 Å². The number of alkyl halides is 1. The van der Waals surface area contributed by atoms with Crippen LogP contribution in [-0.2, 0) is 9.53 Å². The maximum atomic E-state index is 11.6. The predicted molar refractivity (Wildman–Crippen MR) is 85.2 cm³/mol. The molecule has 0 radical (unpaired) electrons. The zero-order valence-corrected chi connectivity index (χ0v) is 13.3. The van der Waals surface area contributed by atoms with E-state index in [-0.39, 0.29) is 5.91 Å². The first-order valence-corrected chi connectivity index (χ1v) is 7.95. The highest BCUT2D eigenvalue weighted by Crippen LogP contribution is 2.16. The average molecular weight is 377 g/mol. The van der Waals surface area contributed by atoms with Gasteiger partial charge in [0.25, 0.3) is 0 Å². The van der Waals surface area contributed by atoms with Crippen molar-refractivity contribution in [3.05, 3.63) is 24.3 Å². The van der Waals surface area contributed by atoms with Gasteiger partial charge in [0.15, 0.2) is 0 Å². The highest BCUT2D eigenvalue weighted by Gasteiger charge is 2.02. The average Bonchev–Trinajstić information content (AvgIpc) is 2.43. The zero-order chi connectivity index (χ0) is 13.9. The number of nitrogens with one attached hydrogen (secondary N) is 1. The van der Waals surface area contributed by atoms with Gasteiger partial charge in [-0.05, 0) is 37.6 Å². The molecular formula is C14H20INO3. The fraction of sp³-hybridized carbons (Fsp3) is 0.500. The number of benzene rings is 1. The summed E-state index contributed by atoms with van der Waals surface area (Å²) in [4.78, 5) is 11.6. The highest BCUT2D eigenvalue weighted by molar-refractivity contribution is 14.1. The molecule has 0 bridgehead atoms. The van der Waals surface area contributed by atoms with Gasteiger partial charge in [-0.1, -0.05) is 22.6 Å². The Hall–Kier alpha value is -0.820. The molecule has 0 aliphatic heterocycles. The first-order chi connectivity index (χ1) is 9.26. The van der Waals surface area contributed by atoms with Crippen molar-refractivity contribution in [3.63, 3.8) is 0 Å². The molecule has 0 unspecified atom stereocenters. The first-order valence-electron chi connectivity index (χ1n) is 6.42. The van der Waals surface area contributed by atoms with Crippen molar-refractivity contribution in [2.75, 3.05) is 29.6 Å². The molecule has 1 amide bonds. The normalized spacial score (nSPS) is 10.2. The number of rotatable bonds is 9. The monoisotopic (exact) mass is 377 g/mol. The van der Waals surface area contributed by atoms with E-state index >= 15 is 0 Å². The Balaban J connectivity index is 2.29. The largest absolute Gasteiger partial charge is 0.493 e. The summed E-state index contributed by atoms with van der Waals surface area (Å²) in [5, 5.41) is 2.85. The van der Waals surface area contributed by atoms with Crippen LogP contribution in [0.25, 0.3) is 0 Å². The van der Waals surface area contributed by atoms with Crippen molar-refractivity contribution in [1.82, 2.24) is 0 Å². The summed E-state index contributed by atoms with van der Waals surface area (Å²) >= 11 is 2.26. The molecule has 0 saturated heterocycles. The molecule has 0 saturated carbocycles. The second kappa shape index (κ2) is 10.0. The zero-order valence-electron chi connectivity index (χ0n) is 11.2. The lowest BCUT2D eigenvalue weighted by Crippen LogP contribution is -2.12. The minimum Gasteiger partial charge on any atom is -0.493 e. The quantitative estimate of drug-likeness (QED) is 0.408. The molecule has 0 aliphatic rings. The van der Waals surface area contributed by atoms with Gasteiger partial charge < -0.3 is 14.8 Å². The SMILES string of the molecule is CCOCCCC(=O)Nc1ccc(OCCI)cc1. The number of hydrogen-bond donors (Lipinski definition) is 1. The highest BCUT2D eigenvalue weighted by atomic mass is 127. The molecule has 106 valence electrons. The van der Waals surface area contributed by atoms with E-state index in [2.05, 4.69) is 27.9 Å². The van der Waals surface area contributed by atoms with Crippen LogP contribution >= 0.6 is 22.6 Å². The smallest absolute Gasteiger partial charge is 0.224 e. The van der Waals surface area contributed by atoms with Gasteiger partial charge in [0.05, 0.1) is 6.61 Å². The summed E-state index contributed by atoms with van der Waals surface area (Å²) in [5.74, 6) is 0.839. The van der Waals surface area contributed by atoms with Crippen LogP contribution in [0.15, 0.2) is 24.3 Å². The number of carbonyl (C=O) groups excluding carboxylic acids is 1. The topological polar surface area (TPSA) is 47.6 Å². The van der Waals surface area contributed by atoms with Gasteiger partial charge in [0, 0.05) is 29.7 Å². The van der Waals surface area contributed by atoms with Crippen molar-refractivity contribution in [1.29, 1.82) is 0 Å². The third-order valence-electron chi connectivity index (χ3n) is 2.38. The van der Waals surface area contributed by atoms with Crippen molar-refractivity contribution < 1.29 is 14.3 Å². The second-order valence-electron chi connectivity index (χ2n) is 3.91. The summed E-state index contributed by atoms with van der Waals surface area (Å²) in [7, 11) is 0. The van der Waals surface area contributed by atoms with Crippen molar-refractivity contribution >= 4 is 34.2 Å². The Labute approximate surface area is 128 Å². The van der Waals surface area contributed by atoms with E-state index in [4.69, 9.17) is 9.47 Å². The predicted octanol–water partition coefficient (Wildman–Crippen LogP) is 3.26. The van der Waals surface area contributed by atoms with E-state index in [0.717, 1.165) is 22.3 Å². The van der Waals surface area contributed by atoms with Gasteiger partial charge in [-0.2, -0.15) is 0 Å². The number of hydrogen-bond acceptors (Lipinski definition) is 3. The van der Waals surface area contributed by atoms with Crippen LogP contribution in [0.1, 0.15) is 19.8 Å². The molecule has 0 aromatic heterocycles. The number of anilines is 1. The van der Waals surface area contributed by atoms with Crippen molar-refractivity contribution in [2.24, 2.45) is 0 Å². The van der Waals surface area contributed by atoms with E-state index in [1.165, 1.54) is 0 Å². The van der Waals surface area contributed by atoms with E-state index in [1.54, 1.807) is 0 Å². The molecule has 1 aromatic carbocycles. The van der Waals surface area contributed by atoms with Gasteiger partial charge in [0.2, 0.25) is 5.91 Å². The maximum Gasteiger partial charge on any atom is 0.224 e. The standard InChI is InChI=1S/C14H20INO3/c1-2-18-10-3-4-14(17)16-12-5-7-13(8-6-12)19-11-9-15/h5-8H,2-4,9-11H2,1H3,(H,16,17). The Bertz CT molecular complexity index is 367. The third kappa shape index (κ3) is 7.37. The van der Waals surface area contributed by atoms with Gasteiger partial charge in [-0.15, -0.1) is 0 Å². The number of amides is 1. The van der Waals surface area contributed by atoms with E-state index < -0.39 is 0 Å². The van der Waals surface area contributed by atoms with Gasteiger partial charge >= 0.3 is 0 Å². The minimum absolute atomic E-state index is 0.0145. The summed E-state index contributed by atoms with van der Waals surface area (Å²) < 4.78 is 11.6. The summed E-state index contributed by atoms with van der Waals surface area (Å²) in [6.45, 7) is 3.97. The van der Waals surface area contributed by atoms with E-state index in [0.29, 0.717) is 26.2 Å². The Morgan fingerprint density at radius 1 is 1.26 bits per heavy atom. The molecule has 19 heavy (non-hydrogen) atoms. The van der Waals surface area contributed by atoms with Crippen LogP contribution in [0, 0.1) is 0 Å². The molecule has 0 spiro atoms. The van der Waals surface area contributed by atoms with Crippen LogP contribution in [0.5, 0.6) is 5.75 Å². The fourth-order valence-electron chi connectivity index (χ4n) is 1.49. The lowest BCUT2D eigenvalue weighted by Gasteiger charge is -2.07. The molecule has 0 aliphatic carbocycles. The van der Waals surface area contributed by atoms with Crippen molar-refractivity contribution in [3.8, 4) is 5.75 Å². The van der Waals surface area contributed by atoms with Crippen molar-refractivity contribution in [2.45, 2.75) is 19.8 Å². The molecular weight excluding hydrogens is 357 g/mol. The van der Waals surface area contributed by atoms with Crippen LogP contribution in [0.2, 0.25) is 0 Å². The molecule has 5 heteroatoms. The lowest BCUT2D eigenvalue weighted by atomic mass is 10.2. The number of carbonyl (C=O) groups is 1. The van der Waals surface area contributed by atoms with E-state index in [1.807, 2.05) is 31.2 Å².